The van der Waals surface area contributed by atoms with E-state index in [0.717, 1.165) is 36.3 Å². The molecule has 1 aliphatic rings. The fourth-order valence-corrected chi connectivity index (χ4v) is 3.96. The number of nitrogens with zero attached hydrogens (tertiary/aromatic N) is 5. The molecule has 114 valence electrons. The lowest BCUT2D eigenvalue weighted by molar-refractivity contribution is 0.153. The molecule has 5 nitrogen and oxygen atoms in total. The van der Waals surface area contributed by atoms with Crippen molar-refractivity contribution < 1.29 is 0 Å². The Kier molecular flexibility index (Phi) is 4.35. The Bertz CT molecular complexity index is 603. The van der Waals surface area contributed by atoms with Crippen LogP contribution < -0.4 is 0 Å². The maximum Gasteiger partial charge on any atom is 0.147 e. The molecule has 1 unspecified atom stereocenters. The molecule has 2 aromatic rings. The van der Waals surface area contributed by atoms with Crippen molar-refractivity contribution in [1.29, 1.82) is 0 Å². The van der Waals surface area contributed by atoms with Crippen molar-refractivity contribution in [2.75, 3.05) is 13.1 Å². The second kappa shape index (κ2) is 6.23. The molecule has 1 saturated heterocycles. The first-order chi connectivity index (χ1) is 10.1. The highest BCUT2D eigenvalue weighted by Crippen LogP contribution is 2.22. The molecule has 0 aliphatic carbocycles. The van der Waals surface area contributed by atoms with E-state index < -0.39 is 0 Å². The quantitative estimate of drug-likeness (QED) is 0.871. The van der Waals surface area contributed by atoms with Crippen molar-refractivity contribution in [3.63, 3.8) is 0 Å². The third kappa shape index (κ3) is 3.68. The molecule has 0 N–H and O–H groups in total. The normalized spacial score (nSPS) is 20.0. The first-order valence-electron chi connectivity index (χ1n) is 7.62. The van der Waals surface area contributed by atoms with Gasteiger partial charge in [-0.2, -0.15) is 5.10 Å². The smallest absolute Gasteiger partial charge is 0.147 e. The van der Waals surface area contributed by atoms with Gasteiger partial charge in [0.1, 0.15) is 11.6 Å². The minimum atomic E-state index is 0.674. The summed E-state index contributed by atoms with van der Waals surface area (Å²) in [7, 11) is 0. The Labute approximate surface area is 130 Å². The second-order valence-corrected chi connectivity index (χ2v) is 7.30. The summed E-state index contributed by atoms with van der Waals surface area (Å²) in [6.45, 7) is 10.5. The predicted octanol–water partition coefficient (Wildman–Crippen LogP) is 2.57. The van der Waals surface area contributed by atoms with Crippen LogP contribution in [0.5, 0.6) is 0 Å². The molecule has 1 atom stereocenters. The zero-order chi connectivity index (χ0) is 14.8. The van der Waals surface area contributed by atoms with Crippen LogP contribution in [-0.2, 0) is 13.1 Å². The average Bonchev–Trinajstić information content (AvgIpc) is 2.96. The molecule has 0 radical (unpaired) electrons. The van der Waals surface area contributed by atoms with Crippen molar-refractivity contribution in [1.82, 2.24) is 24.6 Å². The summed E-state index contributed by atoms with van der Waals surface area (Å²) in [6, 6.07) is 0. The molecule has 21 heavy (non-hydrogen) atoms. The highest BCUT2D eigenvalue weighted by atomic mass is 32.1. The van der Waals surface area contributed by atoms with Crippen LogP contribution in [0.2, 0.25) is 0 Å². The van der Waals surface area contributed by atoms with Gasteiger partial charge in [-0.15, -0.1) is 11.3 Å². The van der Waals surface area contributed by atoms with E-state index in [1.807, 2.05) is 31.4 Å². The summed E-state index contributed by atoms with van der Waals surface area (Å²) in [6.07, 6.45) is 4.58. The monoisotopic (exact) mass is 305 g/mol. The van der Waals surface area contributed by atoms with Gasteiger partial charge in [-0.3, -0.25) is 4.90 Å². The standard InChI is InChI=1S/C15H23N5S/c1-11-17-12(2)20(18-11)9-14-5-4-6-19(8-14)10-15-7-16-13(3)21-15/h7,14H,4-6,8-10H2,1-3H3. The molecule has 0 spiro atoms. The van der Waals surface area contributed by atoms with Crippen LogP contribution in [0, 0.1) is 26.7 Å². The number of thiazole rings is 1. The molecule has 0 amide bonds. The first kappa shape index (κ1) is 14.7. The molecule has 6 heteroatoms. The Morgan fingerprint density at radius 2 is 2.19 bits per heavy atom. The van der Waals surface area contributed by atoms with E-state index >= 15 is 0 Å². The third-order valence-electron chi connectivity index (χ3n) is 4.05. The zero-order valence-corrected chi connectivity index (χ0v) is 13.9. The van der Waals surface area contributed by atoms with E-state index in [2.05, 4.69) is 31.6 Å². The summed E-state index contributed by atoms with van der Waals surface area (Å²) in [5.74, 6) is 2.58. The number of rotatable bonds is 4. The third-order valence-corrected chi connectivity index (χ3v) is 4.94. The van der Waals surface area contributed by atoms with Crippen LogP contribution in [-0.4, -0.2) is 37.7 Å². The maximum absolute atomic E-state index is 4.50. The largest absolute Gasteiger partial charge is 0.298 e. The van der Waals surface area contributed by atoms with Gasteiger partial charge >= 0.3 is 0 Å². The Morgan fingerprint density at radius 1 is 1.33 bits per heavy atom. The summed E-state index contributed by atoms with van der Waals surface area (Å²) in [5, 5.41) is 5.66. The van der Waals surface area contributed by atoms with Gasteiger partial charge in [0, 0.05) is 30.7 Å². The van der Waals surface area contributed by atoms with E-state index in [4.69, 9.17) is 0 Å². The molecular formula is C15H23N5S. The molecule has 0 saturated carbocycles. The lowest BCUT2D eigenvalue weighted by Gasteiger charge is -2.32. The number of piperidine rings is 1. The summed E-state index contributed by atoms with van der Waals surface area (Å²) in [5.41, 5.74) is 0. The van der Waals surface area contributed by atoms with Crippen LogP contribution >= 0.6 is 11.3 Å². The number of aryl methyl sites for hydroxylation is 3. The molecule has 0 aromatic carbocycles. The van der Waals surface area contributed by atoms with E-state index in [-0.39, 0.29) is 0 Å². The van der Waals surface area contributed by atoms with Crippen LogP contribution in [0.4, 0.5) is 0 Å². The molecular weight excluding hydrogens is 282 g/mol. The van der Waals surface area contributed by atoms with E-state index in [1.54, 1.807) is 0 Å². The summed E-state index contributed by atoms with van der Waals surface area (Å²) < 4.78 is 2.07. The number of aromatic nitrogens is 4. The lowest BCUT2D eigenvalue weighted by atomic mass is 9.98. The summed E-state index contributed by atoms with van der Waals surface area (Å²) in [4.78, 5) is 12.7. The number of likely N-dealkylation sites (tertiary alicyclic amines) is 1. The van der Waals surface area contributed by atoms with Gasteiger partial charge in [0.2, 0.25) is 0 Å². The number of hydrogen-bond donors (Lipinski definition) is 0. The SMILES string of the molecule is Cc1nc(C)n(CC2CCCN(Cc3cnc(C)s3)C2)n1. The Hall–Kier alpha value is -1.27. The van der Waals surface area contributed by atoms with Crippen molar-refractivity contribution in [2.45, 2.75) is 46.7 Å². The fourth-order valence-electron chi connectivity index (χ4n) is 3.12. The van der Waals surface area contributed by atoms with E-state index in [1.165, 1.54) is 24.3 Å². The van der Waals surface area contributed by atoms with Crippen molar-refractivity contribution >= 4 is 11.3 Å². The molecule has 3 heterocycles. The topological polar surface area (TPSA) is 46.8 Å². The molecule has 2 aromatic heterocycles. The molecule has 1 fully saturated rings. The highest BCUT2D eigenvalue weighted by molar-refractivity contribution is 7.11. The van der Waals surface area contributed by atoms with Crippen LogP contribution in [0.3, 0.4) is 0 Å². The van der Waals surface area contributed by atoms with Gasteiger partial charge in [-0.1, -0.05) is 0 Å². The van der Waals surface area contributed by atoms with Crippen LogP contribution in [0.1, 0.15) is 34.4 Å². The van der Waals surface area contributed by atoms with Crippen LogP contribution in [0.25, 0.3) is 0 Å². The van der Waals surface area contributed by atoms with Gasteiger partial charge in [-0.25, -0.2) is 14.6 Å². The van der Waals surface area contributed by atoms with E-state index in [0.29, 0.717) is 5.92 Å². The van der Waals surface area contributed by atoms with Crippen molar-refractivity contribution in [3.8, 4) is 0 Å². The fraction of sp³-hybridized carbons (Fsp3) is 0.667. The van der Waals surface area contributed by atoms with Gasteiger partial charge < -0.3 is 0 Å². The van der Waals surface area contributed by atoms with Gasteiger partial charge in [0.25, 0.3) is 0 Å². The Morgan fingerprint density at radius 3 is 2.86 bits per heavy atom. The summed E-state index contributed by atoms with van der Waals surface area (Å²) >= 11 is 1.81. The molecule has 3 rings (SSSR count). The first-order valence-corrected chi connectivity index (χ1v) is 8.43. The highest BCUT2D eigenvalue weighted by Gasteiger charge is 2.21. The zero-order valence-electron chi connectivity index (χ0n) is 13.0. The average molecular weight is 305 g/mol. The van der Waals surface area contributed by atoms with Gasteiger partial charge in [-0.05, 0) is 46.1 Å². The lowest BCUT2D eigenvalue weighted by Crippen LogP contribution is -2.36. The minimum absolute atomic E-state index is 0.674. The second-order valence-electron chi connectivity index (χ2n) is 5.98. The minimum Gasteiger partial charge on any atom is -0.298 e. The maximum atomic E-state index is 4.50. The van der Waals surface area contributed by atoms with Crippen LogP contribution in [0.15, 0.2) is 6.20 Å². The predicted molar refractivity (Wildman–Crippen MR) is 84.3 cm³/mol. The van der Waals surface area contributed by atoms with Crippen molar-refractivity contribution in [3.05, 3.63) is 27.7 Å². The molecule has 0 bridgehead atoms. The van der Waals surface area contributed by atoms with E-state index in [9.17, 15) is 0 Å². The van der Waals surface area contributed by atoms with Gasteiger partial charge in [0.15, 0.2) is 0 Å². The molecule has 1 aliphatic heterocycles. The number of hydrogen-bond acceptors (Lipinski definition) is 5. The van der Waals surface area contributed by atoms with Crippen molar-refractivity contribution in [2.24, 2.45) is 5.92 Å². The van der Waals surface area contributed by atoms with Gasteiger partial charge in [0.05, 0.1) is 5.01 Å². The Balaban J connectivity index is 1.59.